The summed E-state index contributed by atoms with van der Waals surface area (Å²) >= 11 is 0. The standard InChI is InChI=1S/C32H50Si/c1-21(2)29-15-9-23(5)17-31(29)25-11-13-27(19-25)33(7,8)28-14-12-26(20-28)32-18-24(6)10-16-30(32)22(3)4/h11-14,19-24,29-32H,9-10,15-18H2,1-8H3/t23-,24-,29+,30+,31-,32-/m0/s1. The van der Waals surface area contributed by atoms with E-state index in [0.29, 0.717) is 0 Å². The Labute approximate surface area is 209 Å². The molecule has 0 amide bonds. The summed E-state index contributed by atoms with van der Waals surface area (Å²) in [6, 6.07) is 0. The van der Waals surface area contributed by atoms with Crippen LogP contribution in [-0.2, 0) is 0 Å². The molecule has 0 aromatic rings. The molecule has 4 rings (SSSR count). The average molecular weight is 463 g/mol. The molecule has 0 nitrogen and oxygen atoms in total. The van der Waals surface area contributed by atoms with E-state index < -0.39 is 8.07 Å². The fourth-order valence-corrected chi connectivity index (χ4v) is 9.89. The molecule has 0 aromatic carbocycles. The number of hydrogen-bond donors (Lipinski definition) is 0. The van der Waals surface area contributed by atoms with Gasteiger partial charge in [-0.1, -0.05) is 67.5 Å². The molecule has 0 bridgehead atoms. The maximum absolute atomic E-state index is 2.64. The van der Waals surface area contributed by atoms with E-state index in [4.69, 9.17) is 0 Å². The number of hydrogen-bond acceptors (Lipinski definition) is 0. The van der Waals surface area contributed by atoms with Crippen molar-refractivity contribution in [2.24, 2.45) is 47.3 Å². The van der Waals surface area contributed by atoms with Crippen LogP contribution in [0.4, 0.5) is 0 Å². The quantitative estimate of drug-likeness (QED) is 0.346. The molecule has 0 heterocycles. The van der Waals surface area contributed by atoms with E-state index in [2.05, 4.69) is 93.2 Å². The smallest absolute Gasteiger partial charge is 0.0618 e. The average Bonchev–Trinajstić information content (AvgIpc) is 3.44. The highest BCUT2D eigenvalue weighted by Crippen LogP contribution is 2.55. The highest BCUT2D eigenvalue weighted by Gasteiger charge is 2.51. The molecule has 4 saturated carbocycles. The third kappa shape index (κ3) is 5.64. The van der Waals surface area contributed by atoms with Gasteiger partial charge in [0.2, 0.25) is 0 Å². The molecule has 0 N–H and O–H groups in total. The van der Waals surface area contributed by atoms with Crippen LogP contribution in [0.5, 0.6) is 0 Å². The molecule has 1 heteroatoms. The van der Waals surface area contributed by atoms with Crippen LogP contribution in [0.25, 0.3) is 0 Å². The SMILES string of the molecule is CC(C)[C@H]1CC[C@H](C)C[C@H]1[C]1[CH][CH][C]([Si](C)(C)[C]2[CH][CH][C]([C@@H]3C[C@@H](C)CC[C@@H]3C(C)C)[CH]2)[CH]1. The predicted octanol–water partition coefficient (Wildman–Crippen LogP) is 8.74. The summed E-state index contributed by atoms with van der Waals surface area (Å²) < 4.78 is 0. The lowest BCUT2D eigenvalue weighted by Gasteiger charge is -2.42. The topological polar surface area (TPSA) is 0 Å². The zero-order valence-electron chi connectivity index (χ0n) is 22.8. The Kier molecular flexibility index (Phi) is 8.51. The minimum Gasteiger partial charge on any atom is -0.0685 e. The first-order chi connectivity index (χ1) is 15.6. The Hall–Kier alpha value is 0.217. The first-order valence-electron chi connectivity index (χ1n) is 14.1. The summed E-state index contributed by atoms with van der Waals surface area (Å²) in [5, 5.41) is 0. The zero-order valence-corrected chi connectivity index (χ0v) is 23.8. The molecule has 4 aliphatic carbocycles. The summed E-state index contributed by atoms with van der Waals surface area (Å²) in [5.41, 5.74) is 3.29. The van der Waals surface area contributed by atoms with Crippen LogP contribution >= 0.6 is 0 Å². The Morgan fingerprint density at radius 2 is 1.03 bits per heavy atom. The molecule has 6 atom stereocenters. The van der Waals surface area contributed by atoms with Gasteiger partial charge in [-0.05, 0) is 134 Å². The second kappa shape index (κ2) is 10.7. The second-order valence-electron chi connectivity index (χ2n) is 13.4. The van der Waals surface area contributed by atoms with Crippen molar-refractivity contribution in [2.45, 2.75) is 93.2 Å². The van der Waals surface area contributed by atoms with Gasteiger partial charge in [-0.3, -0.25) is 0 Å². The van der Waals surface area contributed by atoms with Gasteiger partial charge in [0.05, 0.1) is 8.07 Å². The van der Waals surface area contributed by atoms with Crippen LogP contribution in [0.3, 0.4) is 0 Å². The molecule has 0 spiro atoms. The number of rotatable bonds is 6. The summed E-state index contributed by atoms with van der Waals surface area (Å²) in [4.78, 5) is 0. The van der Waals surface area contributed by atoms with Crippen LogP contribution in [0.15, 0.2) is 0 Å². The molecule has 33 heavy (non-hydrogen) atoms. The van der Waals surface area contributed by atoms with Gasteiger partial charge in [-0.2, -0.15) is 0 Å². The predicted molar refractivity (Wildman–Crippen MR) is 146 cm³/mol. The van der Waals surface area contributed by atoms with Gasteiger partial charge in [-0.15, -0.1) is 0 Å². The van der Waals surface area contributed by atoms with Gasteiger partial charge >= 0.3 is 0 Å². The van der Waals surface area contributed by atoms with Gasteiger partial charge < -0.3 is 0 Å². The monoisotopic (exact) mass is 462 g/mol. The maximum atomic E-state index is 2.64. The Balaban J connectivity index is 1.39. The van der Waals surface area contributed by atoms with Crippen molar-refractivity contribution < 1.29 is 0 Å². The van der Waals surface area contributed by atoms with Crippen molar-refractivity contribution in [1.82, 2.24) is 0 Å². The fraction of sp³-hybridized carbons (Fsp3) is 0.688. The van der Waals surface area contributed by atoms with Crippen LogP contribution < -0.4 is 0 Å². The minimum atomic E-state index is -1.67. The molecule has 0 unspecified atom stereocenters. The van der Waals surface area contributed by atoms with Crippen molar-refractivity contribution in [3.05, 3.63) is 61.4 Å². The molecule has 4 fully saturated rings. The van der Waals surface area contributed by atoms with Gasteiger partial charge in [0.15, 0.2) is 0 Å². The zero-order chi connectivity index (χ0) is 23.9. The van der Waals surface area contributed by atoms with E-state index in [-0.39, 0.29) is 0 Å². The van der Waals surface area contributed by atoms with E-state index in [1.165, 1.54) is 38.5 Å². The lowest BCUT2D eigenvalue weighted by Crippen LogP contribution is -2.42. The molecule has 0 aromatic heterocycles. The fourth-order valence-electron chi connectivity index (χ4n) is 7.50. The van der Waals surface area contributed by atoms with E-state index in [1.807, 2.05) is 0 Å². The van der Waals surface area contributed by atoms with Crippen molar-refractivity contribution in [2.75, 3.05) is 0 Å². The molecule has 10 radical (unpaired) electrons. The van der Waals surface area contributed by atoms with Crippen LogP contribution in [0.2, 0.25) is 13.1 Å². The minimum absolute atomic E-state index is 0.762. The van der Waals surface area contributed by atoms with Gasteiger partial charge in [0.1, 0.15) is 0 Å². The Morgan fingerprint density at radius 1 is 0.636 bits per heavy atom. The highest BCUT2D eigenvalue weighted by molar-refractivity contribution is 6.89. The lowest BCUT2D eigenvalue weighted by molar-refractivity contribution is 0.159. The second-order valence-corrected chi connectivity index (χ2v) is 17.8. The van der Waals surface area contributed by atoms with Crippen molar-refractivity contribution >= 4 is 8.07 Å². The summed E-state index contributed by atoms with van der Waals surface area (Å²) in [5.74, 6) is 9.84. The van der Waals surface area contributed by atoms with Gasteiger partial charge in [-0.25, -0.2) is 0 Å². The molecular formula is C32H50Si. The Bertz CT molecular complexity index is 568. The van der Waals surface area contributed by atoms with Gasteiger partial charge in [0.25, 0.3) is 0 Å². The Morgan fingerprint density at radius 3 is 1.39 bits per heavy atom. The van der Waals surface area contributed by atoms with E-state index in [0.717, 1.165) is 47.3 Å². The molecular weight excluding hydrogens is 412 g/mol. The first kappa shape index (κ1) is 26.3. The van der Waals surface area contributed by atoms with Crippen LogP contribution in [-0.4, -0.2) is 8.07 Å². The van der Waals surface area contributed by atoms with Crippen molar-refractivity contribution in [3.63, 3.8) is 0 Å². The molecule has 0 aliphatic heterocycles. The maximum Gasteiger partial charge on any atom is 0.0618 e. The van der Waals surface area contributed by atoms with E-state index in [9.17, 15) is 0 Å². The van der Waals surface area contributed by atoms with Crippen molar-refractivity contribution in [1.29, 1.82) is 0 Å². The van der Waals surface area contributed by atoms with Crippen molar-refractivity contribution in [3.8, 4) is 0 Å². The first-order valence-corrected chi connectivity index (χ1v) is 17.1. The lowest BCUT2D eigenvalue weighted by atomic mass is 9.65. The largest absolute Gasteiger partial charge is 0.0685 e. The van der Waals surface area contributed by atoms with Crippen LogP contribution in [0.1, 0.15) is 80.1 Å². The summed E-state index contributed by atoms with van der Waals surface area (Å²) in [6.45, 7) is 19.9. The van der Waals surface area contributed by atoms with E-state index in [1.54, 1.807) is 22.9 Å². The third-order valence-electron chi connectivity index (χ3n) is 9.90. The van der Waals surface area contributed by atoms with E-state index >= 15 is 0 Å². The normalized spacial score (nSPS) is 38.7. The van der Waals surface area contributed by atoms with Gasteiger partial charge in [0, 0.05) is 0 Å². The molecule has 0 saturated heterocycles. The summed E-state index contributed by atoms with van der Waals surface area (Å²) in [6.07, 6.45) is 23.7. The van der Waals surface area contributed by atoms with Crippen LogP contribution in [0, 0.1) is 109 Å². The third-order valence-corrected chi connectivity index (χ3v) is 13.4. The highest BCUT2D eigenvalue weighted by atomic mass is 28.3. The molecule has 182 valence electrons. The summed E-state index contributed by atoms with van der Waals surface area (Å²) in [7, 11) is -1.67. The molecule has 4 aliphatic rings.